The second-order valence-corrected chi connectivity index (χ2v) is 7.97. The van der Waals surface area contributed by atoms with Crippen LogP contribution in [0.25, 0.3) is 0 Å². The van der Waals surface area contributed by atoms with Crippen LogP contribution >= 0.6 is 0 Å². The van der Waals surface area contributed by atoms with Gasteiger partial charge in [0.25, 0.3) is 0 Å². The van der Waals surface area contributed by atoms with Gasteiger partial charge in [-0.05, 0) is 64.3 Å². The van der Waals surface area contributed by atoms with Crippen LogP contribution in [-0.4, -0.2) is 36.5 Å². The van der Waals surface area contributed by atoms with Gasteiger partial charge in [0.05, 0.1) is 35.3 Å². The molecule has 1 aromatic carbocycles. The molecule has 0 N–H and O–H groups in total. The number of fused-ring (bicyclic) bond motifs is 1. The van der Waals surface area contributed by atoms with Gasteiger partial charge in [0.2, 0.25) is 0 Å². The topological polar surface area (TPSA) is 43.8 Å². The molecule has 1 saturated heterocycles. The molecule has 2 aliphatic rings. The number of pyridine rings is 1. The number of hydrogen-bond donors (Lipinski definition) is 0. The van der Waals surface area contributed by atoms with Gasteiger partial charge in [-0.3, -0.25) is 4.98 Å². The molecule has 0 spiro atoms. The minimum Gasteiger partial charge on any atom is -0.490 e. The van der Waals surface area contributed by atoms with Crippen molar-refractivity contribution in [2.24, 2.45) is 0 Å². The second kappa shape index (κ2) is 6.00. The van der Waals surface area contributed by atoms with Crippen molar-refractivity contribution < 1.29 is 14.0 Å². The van der Waals surface area contributed by atoms with Gasteiger partial charge in [-0.1, -0.05) is 6.07 Å². The van der Waals surface area contributed by atoms with Crippen LogP contribution in [0.4, 0.5) is 11.4 Å². The molecular formula is C20H25BN2O3. The average molecular weight is 352 g/mol. The van der Waals surface area contributed by atoms with E-state index in [9.17, 15) is 0 Å². The Hall–Kier alpha value is -2.05. The number of ether oxygens (including phenoxy) is 1. The van der Waals surface area contributed by atoms with Crippen molar-refractivity contribution in [1.29, 1.82) is 0 Å². The Morgan fingerprint density at radius 2 is 1.77 bits per heavy atom. The van der Waals surface area contributed by atoms with Crippen molar-refractivity contribution in [3.8, 4) is 5.75 Å². The van der Waals surface area contributed by atoms with Gasteiger partial charge in [-0.15, -0.1) is 0 Å². The maximum Gasteiger partial charge on any atom is 0.494 e. The molecule has 1 aromatic heterocycles. The summed E-state index contributed by atoms with van der Waals surface area (Å²) in [4.78, 5) is 6.65. The first-order valence-corrected chi connectivity index (χ1v) is 9.09. The van der Waals surface area contributed by atoms with Gasteiger partial charge in [0.1, 0.15) is 12.4 Å². The highest BCUT2D eigenvalue weighted by Crippen LogP contribution is 2.39. The molecular weight excluding hydrogens is 327 g/mol. The number of benzene rings is 1. The van der Waals surface area contributed by atoms with Crippen LogP contribution in [0.15, 0.2) is 36.5 Å². The van der Waals surface area contributed by atoms with Gasteiger partial charge in [0.15, 0.2) is 0 Å². The summed E-state index contributed by atoms with van der Waals surface area (Å²) < 4.78 is 18.3. The zero-order chi connectivity index (χ0) is 18.5. The summed E-state index contributed by atoms with van der Waals surface area (Å²) in [5, 5.41) is 0. The van der Waals surface area contributed by atoms with Crippen LogP contribution in [0.2, 0.25) is 0 Å². The smallest absolute Gasteiger partial charge is 0.490 e. The summed E-state index contributed by atoms with van der Waals surface area (Å²) >= 11 is 0. The molecule has 1 fully saturated rings. The van der Waals surface area contributed by atoms with Gasteiger partial charge in [-0.25, -0.2) is 0 Å². The largest absolute Gasteiger partial charge is 0.494 e. The number of anilines is 2. The second-order valence-electron chi connectivity index (χ2n) is 7.97. The Labute approximate surface area is 155 Å². The van der Waals surface area contributed by atoms with Crippen LogP contribution in [-0.2, 0) is 9.31 Å². The lowest BCUT2D eigenvalue weighted by molar-refractivity contribution is 0.00578. The molecule has 0 bridgehead atoms. The number of hydrogen-bond acceptors (Lipinski definition) is 5. The van der Waals surface area contributed by atoms with Gasteiger partial charge in [0, 0.05) is 5.69 Å². The minimum atomic E-state index is -0.384. The predicted octanol–water partition coefficient (Wildman–Crippen LogP) is 3.22. The fraction of sp³-hybridized carbons (Fsp3) is 0.450. The lowest BCUT2D eigenvalue weighted by Gasteiger charge is -2.32. The van der Waals surface area contributed by atoms with E-state index in [1.165, 1.54) is 0 Å². The SMILES string of the molecule is Cc1ccc(N2CCOc3cc(B4OC(C)(C)C(C)(C)O4)ccc32)cn1. The molecule has 5 nitrogen and oxygen atoms in total. The molecule has 0 radical (unpaired) electrons. The highest BCUT2D eigenvalue weighted by Gasteiger charge is 2.51. The van der Waals surface area contributed by atoms with Crippen molar-refractivity contribution in [2.75, 3.05) is 18.1 Å². The Bertz CT molecular complexity index is 804. The highest BCUT2D eigenvalue weighted by molar-refractivity contribution is 6.62. The molecule has 6 heteroatoms. The molecule has 3 heterocycles. The highest BCUT2D eigenvalue weighted by atomic mass is 16.7. The molecule has 4 rings (SSSR count). The Morgan fingerprint density at radius 1 is 1.04 bits per heavy atom. The van der Waals surface area contributed by atoms with Crippen molar-refractivity contribution in [2.45, 2.75) is 45.8 Å². The van der Waals surface area contributed by atoms with Crippen LogP contribution in [0.1, 0.15) is 33.4 Å². The Morgan fingerprint density at radius 3 is 2.42 bits per heavy atom. The molecule has 0 atom stereocenters. The zero-order valence-electron chi connectivity index (χ0n) is 16.1. The van der Waals surface area contributed by atoms with Crippen LogP contribution < -0.4 is 15.1 Å². The third-order valence-electron chi connectivity index (χ3n) is 5.58. The fourth-order valence-corrected chi connectivity index (χ4v) is 3.25. The molecule has 2 aromatic rings. The molecule has 2 aliphatic heterocycles. The van der Waals surface area contributed by atoms with E-state index in [-0.39, 0.29) is 18.3 Å². The molecule has 0 aliphatic carbocycles. The number of aryl methyl sites for hydroxylation is 1. The first-order valence-electron chi connectivity index (χ1n) is 9.09. The Balaban J connectivity index is 1.64. The van der Waals surface area contributed by atoms with E-state index in [0.717, 1.165) is 34.8 Å². The number of nitrogens with zero attached hydrogens (tertiary/aromatic N) is 2. The van der Waals surface area contributed by atoms with Gasteiger partial charge >= 0.3 is 7.12 Å². The molecule has 0 saturated carbocycles. The predicted molar refractivity (Wildman–Crippen MR) is 104 cm³/mol. The maximum atomic E-state index is 6.16. The van der Waals surface area contributed by atoms with Gasteiger partial charge < -0.3 is 18.9 Å². The number of rotatable bonds is 2. The standard InChI is InChI=1S/C20H25BN2O3/c1-14-6-8-16(13-22-14)23-10-11-24-18-12-15(7-9-17(18)23)21-25-19(2,3)20(4,5)26-21/h6-9,12-13H,10-11H2,1-5H3. The van der Waals surface area contributed by atoms with Crippen LogP contribution in [0.3, 0.4) is 0 Å². The normalized spacial score (nSPS) is 20.7. The van der Waals surface area contributed by atoms with Crippen molar-refractivity contribution in [3.63, 3.8) is 0 Å². The van der Waals surface area contributed by atoms with E-state index in [4.69, 9.17) is 14.0 Å². The van der Waals surface area contributed by atoms with E-state index in [2.05, 4.69) is 55.8 Å². The summed E-state index contributed by atoms with van der Waals surface area (Å²) in [5.41, 5.74) is 3.40. The van der Waals surface area contributed by atoms with Gasteiger partial charge in [-0.2, -0.15) is 0 Å². The monoisotopic (exact) mass is 352 g/mol. The van der Waals surface area contributed by atoms with Crippen molar-refractivity contribution >= 4 is 24.0 Å². The summed E-state index contributed by atoms with van der Waals surface area (Å²) in [7, 11) is -0.384. The van der Waals surface area contributed by atoms with E-state index in [1.54, 1.807) is 0 Å². The first kappa shape index (κ1) is 17.4. The molecule has 0 unspecified atom stereocenters. The van der Waals surface area contributed by atoms with E-state index in [1.807, 2.05) is 25.3 Å². The van der Waals surface area contributed by atoms with Crippen molar-refractivity contribution in [3.05, 3.63) is 42.2 Å². The summed E-state index contributed by atoms with van der Waals surface area (Å²) in [6, 6.07) is 10.3. The molecule has 0 amide bonds. The molecule has 26 heavy (non-hydrogen) atoms. The fourth-order valence-electron chi connectivity index (χ4n) is 3.25. The Kier molecular flexibility index (Phi) is 4.01. The van der Waals surface area contributed by atoms with E-state index < -0.39 is 0 Å². The quantitative estimate of drug-likeness (QED) is 0.777. The van der Waals surface area contributed by atoms with Crippen LogP contribution in [0, 0.1) is 6.92 Å². The summed E-state index contributed by atoms with van der Waals surface area (Å²) in [6.07, 6.45) is 1.91. The average Bonchev–Trinajstić information content (AvgIpc) is 2.82. The van der Waals surface area contributed by atoms with E-state index >= 15 is 0 Å². The van der Waals surface area contributed by atoms with E-state index in [0.29, 0.717) is 6.61 Å². The van der Waals surface area contributed by atoms with Crippen LogP contribution in [0.5, 0.6) is 5.75 Å². The number of aromatic nitrogens is 1. The third-order valence-corrected chi connectivity index (χ3v) is 5.58. The maximum absolute atomic E-state index is 6.16. The lowest BCUT2D eigenvalue weighted by Crippen LogP contribution is -2.41. The minimum absolute atomic E-state index is 0.353. The van der Waals surface area contributed by atoms with Crippen molar-refractivity contribution in [1.82, 2.24) is 4.98 Å². The first-order chi connectivity index (χ1) is 12.3. The lowest BCUT2D eigenvalue weighted by atomic mass is 9.79. The molecule has 136 valence electrons. The zero-order valence-corrected chi connectivity index (χ0v) is 16.1. The summed E-state index contributed by atoms with van der Waals surface area (Å²) in [6.45, 7) is 11.7. The third kappa shape index (κ3) is 2.87. The summed E-state index contributed by atoms with van der Waals surface area (Å²) in [5.74, 6) is 0.851.